The van der Waals surface area contributed by atoms with Crippen LogP contribution in [0, 0.1) is 5.92 Å². The summed E-state index contributed by atoms with van der Waals surface area (Å²) >= 11 is 0. The molecule has 3 N–H and O–H groups in total. The van der Waals surface area contributed by atoms with Crippen LogP contribution in [0.2, 0.25) is 0 Å². The molecule has 4 heteroatoms. The molecule has 1 saturated heterocycles. The van der Waals surface area contributed by atoms with E-state index in [1.54, 1.807) is 0 Å². The Morgan fingerprint density at radius 3 is 2.62 bits per heavy atom. The Morgan fingerprint density at radius 1 is 1.24 bits per heavy atom. The van der Waals surface area contributed by atoms with Crippen molar-refractivity contribution < 1.29 is 4.79 Å². The number of carbonyl (C=O) groups excluding carboxylic acids is 1. The van der Waals surface area contributed by atoms with Crippen LogP contribution in [0.5, 0.6) is 0 Å². The van der Waals surface area contributed by atoms with E-state index in [2.05, 4.69) is 34.5 Å². The second-order valence-electron chi connectivity index (χ2n) is 6.27. The molecular formula is C17H25N3O. The van der Waals surface area contributed by atoms with Crippen LogP contribution in [-0.4, -0.2) is 43.0 Å². The zero-order valence-electron chi connectivity index (χ0n) is 12.5. The minimum Gasteiger partial charge on any atom is -0.353 e. The minimum absolute atomic E-state index is 0.189. The van der Waals surface area contributed by atoms with Crippen LogP contribution in [0.4, 0.5) is 0 Å². The van der Waals surface area contributed by atoms with Gasteiger partial charge in [-0.25, -0.2) is 0 Å². The van der Waals surface area contributed by atoms with Crippen LogP contribution >= 0.6 is 0 Å². The summed E-state index contributed by atoms with van der Waals surface area (Å²) in [5.41, 5.74) is 6.88. The third kappa shape index (κ3) is 3.63. The average Bonchev–Trinajstić information content (AvgIpc) is 3.31. The van der Waals surface area contributed by atoms with Gasteiger partial charge in [-0.05, 0) is 30.7 Å². The van der Waals surface area contributed by atoms with Gasteiger partial charge >= 0.3 is 0 Å². The van der Waals surface area contributed by atoms with Crippen LogP contribution in [0.3, 0.4) is 0 Å². The molecule has 3 rings (SSSR count). The Kier molecular flexibility index (Phi) is 4.56. The number of amides is 1. The van der Waals surface area contributed by atoms with E-state index in [1.165, 1.54) is 5.56 Å². The van der Waals surface area contributed by atoms with E-state index in [9.17, 15) is 4.79 Å². The van der Waals surface area contributed by atoms with Gasteiger partial charge in [0.1, 0.15) is 0 Å². The highest BCUT2D eigenvalue weighted by molar-refractivity contribution is 5.83. The second kappa shape index (κ2) is 6.58. The third-order valence-corrected chi connectivity index (χ3v) is 4.73. The van der Waals surface area contributed by atoms with E-state index in [1.807, 2.05) is 6.07 Å². The number of hydrogen-bond donors (Lipinski definition) is 2. The summed E-state index contributed by atoms with van der Waals surface area (Å²) in [4.78, 5) is 14.7. The van der Waals surface area contributed by atoms with Crippen molar-refractivity contribution in [2.75, 3.05) is 26.2 Å². The molecule has 1 amide bonds. The molecule has 0 radical (unpaired) electrons. The average molecular weight is 287 g/mol. The summed E-state index contributed by atoms with van der Waals surface area (Å²) in [5.74, 6) is 0.874. The van der Waals surface area contributed by atoms with Gasteiger partial charge in [0.2, 0.25) is 5.91 Å². The van der Waals surface area contributed by atoms with Gasteiger partial charge in [0.25, 0.3) is 0 Å². The van der Waals surface area contributed by atoms with E-state index in [0.717, 1.165) is 45.4 Å². The Balaban J connectivity index is 1.44. The SMILES string of the molecule is NCCN1CCC(NC(=O)C2CC2c2ccccc2)CC1. The van der Waals surface area contributed by atoms with Gasteiger partial charge in [0.15, 0.2) is 0 Å². The van der Waals surface area contributed by atoms with Gasteiger partial charge in [-0.1, -0.05) is 30.3 Å². The minimum atomic E-state index is 0.189. The van der Waals surface area contributed by atoms with Crippen molar-refractivity contribution in [2.24, 2.45) is 11.7 Å². The molecule has 0 aromatic heterocycles. The number of piperidine rings is 1. The first-order valence-corrected chi connectivity index (χ1v) is 8.05. The summed E-state index contributed by atoms with van der Waals surface area (Å²) < 4.78 is 0. The normalized spacial score (nSPS) is 26.5. The lowest BCUT2D eigenvalue weighted by atomic mass is 10.0. The van der Waals surface area contributed by atoms with Gasteiger partial charge in [0, 0.05) is 38.1 Å². The van der Waals surface area contributed by atoms with Crippen molar-refractivity contribution in [3.63, 3.8) is 0 Å². The predicted octanol–water partition coefficient (Wildman–Crippen LogP) is 1.33. The Bertz CT molecular complexity index is 468. The zero-order valence-corrected chi connectivity index (χ0v) is 12.5. The number of nitrogens with one attached hydrogen (secondary N) is 1. The highest BCUT2D eigenvalue weighted by Crippen LogP contribution is 2.47. The first-order valence-electron chi connectivity index (χ1n) is 8.05. The highest BCUT2D eigenvalue weighted by Gasteiger charge is 2.44. The third-order valence-electron chi connectivity index (χ3n) is 4.73. The van der Waals surface area contributed by atoms with Gasteiger partial charge < -0.3 is 16.0 Å². The predicted molar refractivity (Wildman–Crippen MR) is 83.9 cm³/mol. The van der Waals surface area contributed by atoms with Crippen LogP contribution in [-0.2, 0) is 4.79 Å². The lowest BCUT2D eigenvalue weighted by molar-refractivity contribution is -0.123. The summed E-state index contributed by atoms with van der Waals surface area (Å²) in [6.45, 7) is 3.79. The maximum absolute atomic E-state index is 12.3. The number of carbonyl (C=O) groups is 1. The lowest BCUT2D eigenvalue weighted by Gasteiger charge is -2.32. The highest BCUT2D eigenvalue weighted by atomic mass is 16.2. The molecule has 1 aliphatic carbocycles. The van der Waals surface area contributed by atoms with Crippen LogP contribution in [0.15, 0.2) is 30.3 Å². The fourth-order valence-corrected chi connectivity index (χ4v) is 3.35. The molecule has 1 aromatic rings. The van der Waals surface area contributed by atoms with Crippen molar-refractivity contribution in [2.45, 2.75) is 31.2 Å². The van der Waals surface area contributed by atoms with Crippen molar-refractivity contribution in [1.82, 2.24) is 10.2 Å². The van der Waals surface area contributed by atoms with E-state index in [0.29, 0.717) is 12.0 Å². The van der Waals surface area contributed by atoms with Gasteiger partial charge in [-0.2, -0.15) is 0 Å². The smallest absolute Gasteiger partial charge is 0.223 e. The molecule has 2 aliphatic rings. The largest absolute Gasteiger partial charge is 0.353 e. The van der Waals surface area contributed by atoms with Gasteiger partial charge in [0.05, 0.1) is 0 Å². The summed E-state index contributed by atoms with van der Waals surface area (Å²) in [5, 5.41) is 3.25. The molecular weight excluding hydrogens is 262 g/mol. The molecule has 2 unspecified atom stereocenters. The molecule has 0 spiro atoms. The quantitative estimate of drug-likeness (QED) is 0.859. The number of nitrogens with zero attached hydrogens (tertiary/aromatic N) is 1. The molecule has 1 aliphatic heterocycles. The zero-order chi connectivity index (χ0) is 14.7. The number of likely N-dealkylation sites (tertiary alicyclic amines) is 1. The van der Waals surface area contributed by atoms with E-state index in [4.69, 9.17) is 5.73 Å². The number of benzene rings is 1. The molecule has 114 valence electrons. The van der Waals surface area contributed by atoms with E-state index >= 15 is 0 Å². The summed E-state index contributed by atoms with van der Waals surface area (Å²) in [7, 11) is 0. The molecule has 4 nitrogen and oxygen atoms in total. The van der Waals surface area contributed by atoms with Crippen molar-refractivity contribution in [3.8, 4) is 0 Å². The van der Waals surface area contributed by atoms with E-state index in [-0.39, 0.29) is 11.8 Å². The Morgan fingerprint density at radius 2 is 1.95 bits per heavy atom. The molecule has 1 aromatic carbocycles. The molecule has 2 fully saturated rings. The fourth-order valence-electron chi connectivity index (χ4n) is 3.35. The molecule has 21 heavy (non-hydrogen) atoms. The first kappa shape index (κ1) is 14.5. The monoisotopic (exact) mass is 287 g/mol. The van der Waals surface area contributed by atoms with Crippen molar-refractivity contribution in [1.29, 1.82) is 0 Å². The van der Waals surface area contributed by atoms with Gasteiger partial charge in [-0.3, -0.25) is 4.79 Å². The number of hydrogen-bond acceptors (Lipinski definition) is 3. The maximum atomic E-state index is 12.3. The van der Waals surface area contributed by atoms with E-state index < -0.39 is 0 Å². The molecule has 1 saturated carbocycles. The van der Waals surface area contributed by atoms with Crippen molar-refractivity contribution >= 4 is 5.91 Å². The molecule has 2 atom stereocenters. The topological polar surface area (TPSA) is 58.4 Å². The van der Waals surface area contributed by atoms with Crippen LogP contribution < -0.4 is 11.1 Å². The standard InChI is InChI=1S/C17H25N3O/c18-8-11-20-9-6-14(7-10-20)19-17(21)16-12-15(16)13-4-2-1-3-5-13/h1-5,14-16H,6-12,18H2,(H,19,21). The number of nitrogens with two attached hydrogens (primary N) is 1. The maximum Gasteiger partial charge on any atom is 0.223 e. The van der Waals surface area contributed by atoms with Crippen molar-refractivity contribution in [3.05, 3.63) is 35.9 Å². The van der Waals surface area contributed by atoms with Crippen LogP contribution in [0.25, 0.3) is 0 Å². The van der Waals surface area contributed by atoms with Gasteiger partial charge in [-0.15, -0.1) is 0 Å². The molecule has 0 bridgehead atoms. The lowest BCUT2D eigenvalue weighted by Crippen LogP contribution is -2.46. The fraction of sp³-hybridized carbons (Fsp3) is 0.588. The Labute approximate surface area is 126 Å². The Hall–Kier alpha value is -1.39. The second-order valence-corrected chi connectivity index (χ2v) is 6.27. The van der Waals surface area contributed by atoms with Crippen LogP contribution in [0.1, 0.15) is 30.7 Å². The summed E-state index contributed by atoms with van der Waals surface area (Å²) in [6, 6.07) is 10.7. The first-order chi connectivity index (χ1) is 10.3. The number of rotatable bonds is 5. The molecule has 1 heterocycles. The summed E-state index contributed by atoms with van der Waals surface area (Å²) in [6.07, 6.45) is 3.10.